The smallest absolute Gasteiger partial charge is 0.385 e. The molecule has 1 aromatic carbocycles. The molecule has 3 nitrogen and oxygen atoms in total. The second-order valence-corrected chi connectivity index (χ2v) is 4.98. The van der Waals surface area contributed by atoms with E-state index in [9.17, 15) is 9.18 Å². The second-order valence-electron chi connectivity index (χ2n) is 4.98. The minimum Gasteiger partial charge on any atom is -0.452 e. The Morgan fingerprint density at radius 1 is 1.35 bits per heavy atom. The van der Waals surface area contributed by atoms with Crippen molar-refractivity contribution in [1.82, 2.24) is 4.90 Å². The molecule has 1 atom stereocenters. The van der Waals surface area contributed by atoms with Crippen LogP contribution >= 0.6 is 0 Å². The van der Waals surface area contributed by atoms with Crippen molar-refractivity contribution in [2.24, 2.45) is 0 Å². The first-order valence-corrected chi connectivity index (χ1v) is 6.84. The van der Waals surface area contributed by atoms with Gasteiger partial charge in [0.2, 0.25) is 0 Å². The minimum atomic E-state index is -0.541. The number of rotatable bonds is 3. The molecule has 20 heavy (non-hydrogen) atoms. The lowest BCUT2D eigenvalue weighted by atomic mass is 10.2. The van der Waals surface area contributed by atoms with Crippen molar-refractivity contribution in [2.75, 3.05) is 19.6 Å². The summed E-state index contributed by atoms with van der Waals surface area (Å²) < 4.78 is 17.9. The highest BCUT2D eigenvalue weighted by molar-refractivity contribution is 5.89. The van der Waals surface area contributed by atoms with Crippen molar-refractivity contribution < 1.29 is 13.9 Å². The monoisotopic (exact) mass is 275 g/mol. The average Bonchev–Trinajstić information content (AvgIpc) is 2.90. The fraction of sp³-hybridized carbons (Fsp3) is 0.438. The Morgan fingerprint density at radius 2 is 2.00 bits per heavy atom. The molecule has 1 aliphatic rings. The van der Waals surface area contributed by atoms with Gasteiger partial charge in [-0.15, -0.1) is 0 Å². The van der Waals surface area contributed by atoms with Crippen LogP contribution in [0.15, 0.2) is 24.3 Å². The molecule has 1 aliphatic heterocycles. The number of nitrogens with zero attached hydrogens (tertiary/aromatic N) is 1. The van der Waals surface area contributed by atoms with E-state index in [2.05, 4.69) is 16.7 Å². The van der Waals surface area contributed by atoms with Gasteiger partial charge >= 0.3 is 5.97 Å². The first-order chi connectivity index (χ1) is 9.63. The summed E-state index contributed by atoms with van der Waals surface area (Å²) in [6, 6.07) is 5.68. The van der Waals surface area contributed by atoms with Crippen LogP contribution in [-0.2, 0) is 9.53 Å². The Labute approximate surface area is 118 Å². The van der Waals surface area contributed by atoms with E-state index in [1.54, 1.807) is 0 Å². The molecule has 0 aromatic heterocycles. The van der Waals surface area contributed by atoms with E-state index >= 15 is 0 Å². The van der Waals surface area contributed by atoms with Crippen LogP contribution in [0.4, 0.5) is 4.39 Å². The SMILES string of the molecule is CC(CN1CCCC1)OC(=O)C#Cc1ccc(F)cc1. The van der Waals surface area contributed by atoms with Gasteiger partial charge in [0, 0.05) is 18.0 Å². The predicted molar refractivity (Wildman–Crippen MR) is 74.5 cm³/mol. The lowest BCUT2D eigenvalue weighted by molar-refractivity contribution is -0.141. The molecule has 4 heteroatoms. The largest absolute Gasteiger partial charge is 0.452 e. The number of hydrogen-bond donors (Lipinski definition) is 0. The van der Waals surface area contributed by atoms with Gasteiger partial charge in [-0.25, -0.2) is 9.18 Å². The van der Waals surface area contributed by atoms with Crippen molar-refractivity contribution in [2.45, 2.75) is 25.9 Å². The fourth-order valence-electron chi connectivity index (χ4n) is 2.23. The van der Waals surface area contributed by atoms with E-state index in [1.807, 2.05) is 6.92 Å². The van der Waals surface area contributed by atoms with Crippen LogP contribution in [0.2, 0.25) is 0 Å². The van der Waals surface area contributed by atoms with E-state index in [0.717, 1.165) is 19.6 Å². The fourth-order valence-corrected chi connectivity index (χ4v) is 2.23. The molecule has 0 amide bonds. The molecule has 1 saturated heterocycles. The highest BCUT2D eigenvalue weighted by Gasteiger charge is 2.16. The Hall–Kier alpha value is -1.86. The normalized spacial score (nSPS) is 16.3. The second kappa shape index (κ2) is 7.06. The van der Waals surface area contributed by atoms with Crippen molar-refractivity contribution >= 4 is 5.97 Å². The Kier molecular flexibility index (Phi) is 5.14. The van der Waals surface area contributed by atoms with Gasteiger partial charge in [0.05, 0.1) is 0 Å². The molecule has 106 valence electrons. The molecule has 0 radical (unpaired) electrons. The molecule has 0 saturated carbocycles. The van der Waals surface area contributed by atoms with E-state index in [4.69, 9.17) is 4.74 Å². The van der Waals surface area contributed by atoms with Crippen molar-refractivity contribution in [3.63, 3.8) is 0 Å². The summed E-state index contributed by atoms with van der Waals surface area (Å²) in [7, 11) is 0. The van der Waals surface area contributed by atoms with Crippen molar-refractivity contribution in [3.8, 4) is 11.8 Å². The van der Waals surface area contributed by atoms with Crippen LogP contribution in [-0.4, -0.2) is 36.6 Å². The number of carbonyl (C=O) groups excluding carboxylic acids is 1. The predicted octanol–water partition coefficient (Wildman–Crippen LogP) is 2.20. The number of likely N-dealkylation sites (tertiary alicyclic amines) is 1. The molecule has 1 heterocycles. The van der Waals surface area contributed by atoms with Crippen LogP contribution < -0.4 is 0 Å². The number of hydrogen-bond acceptors (Lipinski definition) is 3. The molecular formula is C16H18FNO2. The summed E-state index contributed by atoms with van der Waals surface area (Å²) in [6.07, 6.45) is 2.26. The summed E-state index contributed by atoms with van der Waals surface area (Å²) in [5.41, 5.74) is 0.593. The molecule has 0 bridgehead atoms. The number of esters is 1. The van der Waals surface area contributed by atoms with Gasteiger partial charge in [-0.2, -0.15) is 0 Å². The van der Waals surface area contributed by atoms with Crippen LogP contribution in [0.3, 0.4) is 0 Å². The zero-order valence-corrected chi connectivity index (χ0v) is 11.6. The molecule has 0 aliphatic carbocycles. The van der Waals surface area contributed by atoms with E-state index in [-0.39, 0.29) is 11.9 Å². The Balaban J connectivity index is 1.81. The highest BCUT2D eigenvalue weighted by Crippen LogP contribution is 2.08. The van der Waals surface area contributed by atoms with Gasteiger partial charge in [0.15, 0.2) is 0 Å². The first-order valence-electron chi connectivity index (χ1n) is 6.84. The summed E-state index contributed by atoms with van der Waals surface area (Å²) in [4.78, 5) is 13.9. The Morgan fingerprint density at radius 3 is 2.65 bits per heavy atom. The van der Waals surface area contributed by atoms with E-state index < -0.39 is 5.97 Å². The molecule has 1 unspecified atom stereocenters. The van der Waals surface area contributed by atoms with Crippen molar-refractivity contribution in [3.05, 3.63) is 35.6 Å². The zero-order valence-electron chi connectivity index (χ0n) is 11.6. The van der Waals surface area contributed by atoms with Crippen LogP contribution in [0.1, 0.15) is 25.3 Å². The third-order valence-electron chi connectivity index (χ3n) is 3.18. The molecule has 1 aromatic rings. The molecule has 1 fully saturated rings. The molecule has 0 spiro atoms. The van der Waals surface area contributed by atoms with Crippen LogP contribution in [0.25, 0.3) is 0 Å². The maximum absolute atomic E-state index is 12.7. The number of carbonyl (C=O) groups is 1. The summed E-state index contributed by atoms with van der Waals surface area (Å²) in [5, 5.41) is 0. The third-order valence-corrected chi connectivity index (χ3v) is 3.18. The average molecular weight is 275 g/mol. The van der Waals surface area contributed by atoms with Crippen LogP contribution in [0, 0.1) is 17.7 Å². The van der Waals surface area contributed by atoms with Gasteiger partial charge in [0.1, 0.15) is 11.9 Å². The quantitative estimate of drug-likeness (QED) is 0.625. The number of halogens is 1. The highest BCUT2D eigenvalue weighted by atomic mass is 19.1. The molecule has 0 N–H and O–H groups in total. The van der Waals surface area contributed by atoms with Crippen LogP contribution in [0.5, 0.6) is 0 Å². The molecule has 2 rings (SSSR count). The van der Waals surface area contributed by atoms with Crippen molar-refractivity contribution in [1.29, 1.82) is 0 Å². The van der Waals surface area contributed by atoms with Gasteiger partial charge in [-0.05, 0) is 57.1 Å². The standard InChI is InChI=1S/C16H18FNO2/c1-13(12-18-10-2-3-11-18)20-16(19)9-6-14-4-7-15(17)8-5-14/h4-5,7-8,13H,2-3,10-12H2,1H3. The Bertz CT molecular complexity index is 510. The lowest BCUT2D eigenvalue weighted by Crippen LogP contribution is -2.31. The number of ether oxygens (including phenoxy) is 1. The first kappa shape index (κ1) is 14.5. The third kappa shape index (κ3) is 4.67. The minimum absolute atomic E-state index is 0.164. The topological polar surface area (TPSA) is 29.5 Å². The summed E-state index contributed by atoms with van der Waals surface area (Å²) in [5.74, 6) is 4.23. The number of benzene rings is 1. The van der Waals surface area contributed by atoms with Gasteiger partial charge in [-0.3, -0.25) is 4.90 Å². The maximum atomic E-state index is 12.7. The summed E-state index contributed by atoms with van der Waals surface area (Å²) in [6.45, 7) is 4.77. The maximum Gasteiger partial charge on any atom is 0.385 e. The zero-order chi connectivity index (χ0) is 14.4. The summed E-state index contributed by atoms with van der Waals surface area (Å²) >= 11 is 0. The van der Waals surface area contributed by atoms with Gasteiger partial charge < -0.3 is 4.74 Å². The lowest BCUT2D eigenvalue weighted by Gasteiger charge is -2.19. The van der Waals surface area contributed by atoms with E-state index in [1.165, 1.54) is 37.1 Å². The van der Waals surface area contributed by atoms with Gasteiger partial charge in [-0.1, -0.05) is 5.92 Å². The molecular weight excluding hydrogens is 257 g/mol. The van der Waals surface area contributed by atoms with E-state index in [0.29, 0.717) is 5.56 Å². The van der Waals surface area contributed by atoms with Gasteiger partial charge in [0.25, 0.3) is 0 Å².